The van der Waals surface area contributed by atoms with Gasteiger partial charge in [-0.25, -0.2) is 4.98 Å². The van der Waals surface area contributed by atoms with Crippen molar-refractivity contribution < 1.29 is 4.79 Å². The monoisotopic (exact) mass is 337 g/mol. The predicted octanol–water partition coefficient (Wildman–Crippen LogP) is 2.88. The highest BCUT2D eigenvalue weighted by molar-refractivity contribution is 7.09. The summed E-state index contributed by atoms with van der Waals surface area (Å²) >= 11 is 1.43. The molecule has 22 heavy (non-hydrogen) atoms. The maximum atomic E-state index is 12.2. The van der Waals surface area contributed by atoms with Crippen LogP contribution in [-0.4, -0.2) is 17.4 Å². The Balaban J connectivity index is 0.00000176. The molecule has 0 saturated heterocycles. The molecule has 1 amide bonds. The molecule has 1 aromatic carbocycles. The number of hydrogen-bond donors (Lipinski definition) is 2. The highest BCUT2D eigenvalue weighted by Gasteiger charge is 2.38. The molecular weight excluding hydrogens is 318 g/mol. The first-order valence-electron chi connectivity index (χ1n) is 7.22. The lowest BCUT2D eigenvalue weighted by molar-refractivity contribution is 0.0923. The Hall–Kier alpha value is -1.43. The molecule has 0 unspecified atom stereocenters. The molecule has 1 aliphatic carbocycles. The summed E-state index contributed by atoms with van der Waals surface area (Å²) in [4.78, 5) is 16.4. The topological polar surface area (TPSA) is 68.0 Å². The van der Waals surface area contributed by atoms with Gasteiger partial charge in [-0.1, -0.05) is 36.8 Å². The van der Waals surface area contributed by atoms with Crippen molar-refractivity contribution in [3.63, 3.8) is 0 Å². The zero-order chi connectivity index (χ0) is 14.7. The highest BCUT2D eigenvalue weighted by atomic mass is 35.5. The van der Waals surface area contributed by atoms with Crippen molar-refractivity contribution in [3.05, 3.63) is 52.0 Å². The van der Waals surface area contributed by atoms with E-state index in [1.807, 2.05) is 6.07 Å². The van der Waals surface area contributed by atoms with Crippen LogP contribution in [0, 0.1) is 0 Å². The third-order valence-electron chi connectivity index (χ3n) is 4.24. The van der Waals surface area contributed by atoms with Gasteiger partial charge in [-0.05, 0) is 18.4 Å². The van der Waals surface area contributed by atoms with Crippen molar-refractivity contribution >= 4 is 29.7 Å². The molecule has 2 aromatic rings. The van der Waals surface area contributed by atoms with Crippen LogP contribution in [0.3, 0.4) is 0 Å². The highest BCUT2D eigenvalue weighted by Crippen LogP contribution is 2.43. The smallest absolute Gasteiger partial charge is 0.270 e. The summed E-state index contributed by atoms with van der Waals surface area (Å²) < 4.78 is 0. The second kappa shape index (κ2) is 7.22. The molecule has 1 aliphatic rings. The van der Waals surface area contributed by atoms with Gasteiger partial charge < -0.3 is 11.1 Å². The van der Waals surface area contributed by atoms with E-state index in [2.05, 4.69) is 34.6 Å². The lowest BCUT2D eigenvalue weighted by Gasteiger charge is -2.42. The van der Waals surface area contributed by atoms with Crippen LogP contribution in [-0.2, 0) is 12.0 Å². The summed E-state index contributed by atoms with van der Waals surface area (Å²) in [5.74, 6) is -0.104. The summed E-state index contributed by atoms with van der Waals surface area (Å²) in [5.41, 5.74) is 7.42. The molecule has 3 N–H and O–H groups in total. The number of nitrogens with zero attached hydrogens (tertiary/aromatic N) is 1. The minimum Gasteiger partial charge on any atom is -0.350 e. The van der Waals surface area contributed by atoms with E-state index in [9.17, 15) is 4.79 Å². The van der Waals surface area contributed by atoms with Crippen LogP contribution < -0.4 is 11.1 Å². The molecule has 6 heteroatoms. The predicted molar refractivity (Wildman–Crippen MR) is 91.6 cm³/mol. The molecule has 1 aromatic heterocycles. The van der Waals surface area contributed by atoms with Crippen molar-refractivity contribution in [2.75, 3.05) is 6.54 Å². The number of thiazole rings is 1. The van der Waals surface area contributed by atoms with Gasteiger partial charge >= 0.3 is 0 Å². The number of amides is 1. The Morgan fingerprint density at radius 1 is 1.32 bits per heavy atom. The first-order chi connectivity index (χ1) is 10.2. The fourth-order valence-corrected chi connectivity index (χ4v) is 3.47. The van der Waals surface area contributed by atoms with Crippen molar-refractivity contribution in [1.82, 2.24) is 10.3 Å². The maximum Gasteiger partial charge on any atom is 0.270 e. The number of halogens is 1. The number of rotatable bonds is 5. The van der Waals surface area contributed by atoms with Gasteiger partial charge in [-0.15, -0.1) is 23.7 Å². The molecule has 3 rings (SSSR count). The lowest BCUT2D eigenvalue weighted by Crippen LogP contribution is -2.45. The summed E-state index contributed by atoms with van der Waals surface area (Å²) in [6.07, 6.45) is 3.48. The average Bonchev–Trinajstić information content (AvgIpc) is 2.96. The van der Waals surface area contributed by atoms with Crippen molar-refractivity contribution in [1.29, 1.82) is 0 Å². The number of carbonyl (C=O) groups excluding carboxylic acids is 1. The van der Waals surface area contributed by atoms with Crippen LogP contribution in [0.5, 0.6) is 0 Å². The lowest BCUT2D eigenvalue weighted by atomic mass is 9.64. The van der Waals surface area contributed by atoms with E-state index in [0.717, 1.165) is 17.8 Å². The normalized spacial score (nSPS) is 15.5. The van der Waals surface area contributed by atoms with Crippen LogP contribution in [0.25, 0.3) is 0 Å². The Morgan fingerprint density at radius 3 is 2.59 bits per heavy atom. The van der Waals surface area contributed by atoms with Gasteiger partial charge in [0.1, 0.15) is 10.7 Å². The van der Waals surface area contributed by atoms with E-state index in [1.165, 1.54) is 23.3 Å². The van der Waals surface area contributed by atoms with Gasteiger partial charge in [-0.3, -0.25) is 4.79 Å². The van der Waals surface area contributed by atoms with Crippen LogP contribution in [0.2, 0.25) is 0 Å². The van der Waals surface area contributed by atoms with E-state index in [-0.39, 0.29) is 23.7 Å². The second-order valence-electron chi connectivity index (χ2n) is 5.51. The minimum absolute atomic E-state index is 0. The Kier molecular flexibility index (Phi) is 5.56. The first-order valence-corrected chi connectivity index (χ1v) is 8.10. The number of benzene rings is 1. The average molecular weight is 338 g/mol. The number of hydrogen-bond acceptors (Lipinski definition) is 4. The molecule has 0 bridgehead atoms. The molecule has 1 saturated carbocycles. The SMILES string of the molecule is Cl.NCc1nc(C(=O)NCC2(c3ccccc3)CCC2)cs1. The number of carbonyl (C=O) groups is 1. The summed E-state index contributed by atoms with van der Waals surface area (Å²) in [6, 6.07) is 10.5. The van der Waals surface area contributed by atoms with Crippen LogP contribution >= 0.6 is 23.7 Å². The third kappa shape index (κ3) is 3.32. The molecule has 4 nitrogen and oxygen atoms in total. The summed E-state index contributed by atoms with van der Waals surface area (Å²) in [6.45, 7) is 1.05. The van der Waals surface area contributed by atoms with E-state index < -0.39 is 0 Å². The van der Waals surface area contributed by atoms with Gasteiger partial charge in [0, 0.05) is 23.9 Å². The van der Waals surface area contributed by atoms with E-state index in [1.54, 1.807) is 5.38 Å². The largest absolute Gasteiger partial charge is 0.350 e. The molecule has 0 atom stereocenters. The second-order valence-corrected chi connectivity index (χ2v) is 6.46. The Bertz CT molecular complexity index is 625. The first kappa shape index (κ1) is 16.9. The van der Waals surface area contributed by atoms with E-state index >= 15 is 0 Å². The van der Waals surface area contributed by atoms with Gasteiger partial charge in [0.15, 0.2) is 0 Å². The molecule has 1 fully saturated rings. The zero-order valence-corrected chi connectivity index (χ0v) is 13.9. The zero-order valence-electron chi connectivity index (χ0n) is 12.2. The standard InChI is InChI=1S/C16H19N3OS.ClH/c17-9-14-19-13(10-21-14)15(20)18-11-16(7-4-8-16)12-5-2-1-3-6-12;/h1-3,5-6,10H,4,7-9,11,17H2,(H,18,20);1H. The van der Waals surface area contributed by atoms with Crippen molar-refractivity contribution in [2.45, 2.75) is 31.2 Å². The van der Waals surface area contributed by atoms with Gasteiger partial charge in [-0.2, -0.15) is 0 Å². The molecular formula is C16H20ClN3OS. The van der Waals surface area contributed by atoms with Crippen molar-refractivity contribution in [2.24, 2.45) is 5.73 Å². The van der Waals surface area contributed by atoms with Gasteiger partial charge in [0.05, 0.1) is 0 Å². The summed E-state index contributed by atoms with van der Waals surface area (Å²) in [5, 5.41) is 5.61. The van der Waals surface area contributed by atoms with Crippen LogP contribution in [0.4, 0.5) is 0 Å². The quantitative estimate of drug-likeness (QED) is 0.881. The van der Waals surface area contributed by atoms with E-state index in [0.29, 0.717) is 18.8 Å². The van der Waals surface area contributed by atoms with Gasteiger partial charge in [0.2, 0.25) is 0 Å². The molecule has 1 heterocycles. The summed E-state index contributed by atoms with van der Waals surface area (Å²) in [7, 11) is 0. The maximum absolute atomic E-state index is 12.2. The molecule has 0 aliphatic heterocycles. The van der Waals surface area contributed by atoms with E-state index in [4.69, 9.17) is 5.73 Å². The fourth-order valence-electron chi connectivity index (χ4n) is 2.81. The molecule has 0 radical (unpaired) electrons. The Morgan fingerprint density at radius 2 is 2.05 bits per heavy atom. The van der Waals surface area contributed by atoms with Crippen molar-refractivity contribution in [3.8, 4) is 0 Å². The third-order valence-corrected chi connectivity index (χ3v) is 5.11. The molecule has 118 valence electrons. The number of nitrogens with one attached hydrogen (secondary N) is 1. The Labute approximate surface area is 140 Å². The van der Waals surface area contributed by atoms with Crippen LogP contribution in [0.15, 0.2) is 35.7 Å². The fraction of sp³-hybridized carbons (Fsp3) is 0.375. The number of nitrogens with two attached hydrogens (primary N) is 1. The minimum atomic E-state index is -0.104. The van der Waals surface area contributed by atoms with Gasteiger partial charge in [0.25, 0.3) is 5.91 Å². The molecule has 0 spiro atoms. The van der Waals surface area contributed by atoms with Crippen LogP contribution in [0.1, 0.15) is 40.3 Å². The number of aromatic nitrogens is 1.